The third kappa shape index (κ3) is 4.26. The molecule has 2 aromatic rings. The van der Waals surface area contributed by atoms with E-state index in [0.29, 0.717) is 5.56 Å². The van der Waals surface area contributed by atoms with Gasteiger partial charge in [-0.2, -0.15) is 8.78 Å². The van der Waals surface area contributed by atoms with Crippen molar-refractivity contribution in [1.82, 2.24) is 15.8 Å². The first-order valence-corrected chi connectivity index (χ1v) is 7.01. The maximum absolute atomic E-state index is 12.4. The molecule has 0 aliphatic carbocycles. The number of carbonyl (C=O) groups excluding carboxylic acids is 2. The second-order valence-corrected chi connectivity index (χ2v) is 4.99. The lowest BCUT2D eigenvalue weighted by Gasteiger charge is -2.09. The lowest BCUT2D eigenvalue weighted by Crippen LogP contribution is -2.41. The monoisotopic (exact) mass is 323 g/mol. The number of halogens is 2. The van der Waals surface area contributed by atoms with Crippen LogP contribution >= 0.6 is 11.8 Å². The van der Waals surface area contributed by atoms with Crippen molar-refractivity contribution < 1.29 is 18.4 Å². The number of hydrogen-bond donors (Lipinski definition) is 2. The normalized spacial score (nSPS) is 10.3. The Morgan fingerprint density at radius 3 is 2.36 bits per heavy atom. The molecule has 22 heavy (non-hydrogen) atoms. The Labute approximate surface area is 129 Å². The van der Waals surface area contributed by atoms with Gasteiger partial charge in [0.05, 0.1) is 5.56 Å². The molecule has 0 spiro atoms. The summed E-state index contributed by atoms with van der Waals surface area (Å²) in [7, 11) is 0. The molecule has 114 valence electrons. The topological polar surface area (TPSA) is 71.1 Å². The van der Waals surface area contributed by atoms with Crippen LogP contribution in [0.2, 0.25) is 0 Å². The number of carbonyl (C=O) groups is 2. The van der Waals surface area contributed by atoms with E-state index < -0.39 is 17.6 Å². The maximum Gasteiger partial charge on any atom is 0.290 e. The van der Waals surface area contributed by atoms with Gasteiger partial charge < -0.3 is 0 Å². The molecule has 0 saturated heterocycles. The predicted octanol–water partition coefficient (Wildman–Crippen LogP) is 2.47. The highest BCUT2D eigenvalue weighted by atomic mass is 32.2. The molecule has 0 unspecified atom stereocenters. The fourth-order valence-corrected chi connectivity index (χ4v) is 2.16. The van der Waals surface area contributed by atoms with Crippen molar-refractivity contribution in [3.05, 3.63) is 59.8 Å². The van der Waals surface area contributed by atoms with Crippen molar-refractivity contribution in [2.24, 2.45) is 0 Å². The first-order valence-electron chi connectivity index (χ1n) is 6.13. The molecule has 2 N–H and O–H groups in total. The van der Waals surface area contributed by atoms with E-state index >= 15 is 0 Å². The van der Waals surface area contributed by atoms with Crippen LogP contribution < -0.4 is 10.9 Å². The Hall–Kier alpha value is -2.48. The fraction of sp³-hybridized carbons (Fsp3) is 0.0714. The number of alkyl halides is 2. The predicted molar refractivity (Wildman–Crippen MR) is 77.5 cm³/mol. The van der Waals surface area contributed by atoms with Crippen LogP contribution in [0.3, 0.4) is 0 Å². The van der Waals surface area contributed by atoms with Crippen molar-refractivity contribution in [2.45, 2.75) is 10.8 Å². The molecule has 0 fully saturated rings. The number of amides is 2. The Morgan fingerprint density at radius 1 is 1.00 bits per heavy atom. The number of pyridine rings is 1. The van der Waals surface area contributed by atoms with Crippen LogP contribution in [0.4, 0.5) is 8.78 Å². The van der Waals surface area contributed by atoms with Gasteiger partial charge in [0.25, 0.3) is 17.6 Å². The minimum Gasteiger partial charge on any atom is -0.267 e. The molecule has 0 aliphatic rings. The minimum atomic E-state index is -2.69. The zero-order valence-corrected chi connectivity index (χ0v) is 11.9. The molecule has 2 amide bonds. The number of aromatic nitrogens is 1. The van der Waals surface area contributed by atoms with Crippen molar-refractivity contribution >= 4 is 23.6 Å². The number of nitrogens with zero attached hydrogens (tertiary/aromatic N) is 1. The van der Waals surface area contributed by atoms with E-state index in [4.69, 9.17) is 0 Å². The summed E-state index contributed by atoms with van der Waals surface area (Å²) in [4.78, 5) is 27.5. The molecule has 8 heteroatoms. The lowest BCUT2D eigenvalue weighted by molar-refractivity contribution is 0.0844. The van der Waals surface area contributed by atoms with E-state index in [0.717, 1.165) is 0 Å². The average Bonchev–Trinajstić information content (AvgIpc) is 2.53. The maximum atomic E-state index is 12.4. The standard InChI is InChI=1S/C14H11F2N3O2S/c15-14(16)22-13-10(7-4-8-17-13)12(21)19-18-11(20)9-5-2-1-3-6-9/h1-8,14H,(H,18,20)(H,19,21). The third-order valence-electron chi connectivity index (χ3n) is 2.54. The number of rotatable bonds is 4. The van der Waals surface area contributed by atoms with E-state index in [1.54, 1.807) is 30.3 Å². The van der Waals surface area contributed by atoms with Gasteiger partial charge in [-0.3, -0.25) is 20.4 Å². The van der Waals surface area contributed by atoms with E-state index in [1.807, 2.05) is 0 Å². The molecule has 0 atom stereocenters. The molecular formula is C14H11F2N3O2S. The van der Waals surface area contributed by atoms with Crippen molar-refractivity contribution in [3.63, 3.8) is 0 Å². The van der Waals surface area contributed by atoms with Gasteiger partial charge in [-0.25, -0.2) is 4.98 Å². The highest BCUT2D eigenvalue weighted by Gasteiger charge is 2.17. The van der Waals surface area contributed by atoms with Crippen LogP contribution in [0.25, 0.3) is 0 Å². The largest absolute Gasteiger partial charge is 0.290 e. The summed E-state index contributed by atoms with van der Waals surface area (Å²) < 4.78 is 24.8. The van der Waals surface area contributed by atoms with Gasteiger partial charge in [0.1, 0.15) is 5.03 Å². The Kier molecular flexibility index (Phi) is 5.42. The molecule has 1 heterocycles. The summed E-state index contributed by atoms with van der Waals surface area (Å²) in [6, 6.07) is 11.0. The first-order chi connectivity index (χ1) is 10.6. The van der Waals surface area contributed by atoms with Gasteiger partial charge in [0.15, 0.2) is 0 Å². The summed E-state index contributed by atoms with van der Waals surface area (Å²) >= 11 is 0.166. The minimum absolute atomic E-state index is 0.0406. The van der Waals surface area contributed by atoms with E-state index in [2.05, 4.69) is 15.8 Å². The van der Waals surface area contributed by atoms with E-state index in [1.165, 1.54) is 18.3 Å². The molecule has 1 aromatic carbocycles. The second-order valence-electron chi connectivity index (χ2n) is 4.01. The van der Waals surface area contributed by atoms with Crippen LogP contribution in [0.5, 0.6) is 0 Å². The lowest BCUT2D eigenvalue weighted by atomic mass is 10.2. The van der Waals surface area contributed by atoms with Crippen molar-refractivity contribution in [1.29, 1.82) is 0 Å². The molecular weight excluding hydrogens is 312 g/mol. The van der Waals surface area contributed by atoms with Gasteiger partial charge in [-0.05, 0) is 36.0 Å². The Bertz CT molecular complexity index is 668. The summed E-state index contributed by atoms with van der Waals surface area (Å²) in [6.45, 7) is 0. The van der Waals surface area contributed by atoms with Gasteiger partial charge in [0.2, 0.25) is 0 Å². The molecule has 0 radical (unpaired) electrons. The SMILES string of the molecule is O=C(NNC(=O)c1cccnc1SC(F)F)c1ccccc1. The number of thioether (sulfide) groups is 1. The number of hydrazine groups is 1. The number of nitrogens with one attached hydrogen (secondary N) is 2. The molecule has 5 nitrogen and oxygen atoms in total. The van der Waals surface area contributed by atoms with Crippen LogP contribution in [0.1, 0.15) is 20.7 Å². The zero-order valence-electron chi connectivity index (χ0n) is 11.1. The third-order valence-corrected chi connectivity index (χ3v) is 3.27. The molecule has 2 rings (SSSR count). The molecule has 0 aliphatic heterocycles. The van der Waals surface area contributed by atoms with Crippen LogP contribution in [-0.2, 0) is 0 Å². The Morgan fingerprint density at radius 2 is 1.68 bits per heavy atom. The van der Waals surface area contributed by atoms with E-state index in [9.17, 15) is 18.4 Å². The smallest absolute Gasteiger partial charge is 0.267 e. The second kappa shape index (κ2) is 7.51. The molecule has 0 bridgehead atoms. The van der Waals surface area contributed by atoms with Crippen LogP contribution in [-0.4, -0.2) is 22.6 Å². The highest BCUT2D eigenvalue weighted by Crippen LogP contribution is 2.25. The number of hydrogen-bond acceptors (Lipinski definition) is 4. The molecule has 0 saturated carbocycles. The van der Waals surface area contributed by atoms with Crippen LogP contribution in [0, 0.1) is 0 Å². The zero-order chi connectivity index (χ0) is 15.9. The summed E-state index contributed by atoms with van der Waals surface area (Å²) in [5.74, 6) is -3.93. The summed E-state index contributed by atoms with van der Waals surface area (Å²) in [5, 5.41) is -0.107. The van der Waals surface area contributed by atoms with Crippen molar-refractivity contribution in [2.75, 3.05) is 0 Å². The quantitative estimate of drug-likeness (QED) is 0.670. The summed E-state index contributed by atoms with van der Waals surface area (Å²) in [5.41, 5.74) is 4.71. The van der Waals surface area contributed by atoms with Gasteiger partial charge in [-0.1, -0.05) is 18.2 Å². The average molecular weight is 323 g/mol. The molecule has 1 aromatic heterocycles. The Balaban J connectivity index is 2.02. The fourth-order valence-electron chi connectivity index (χ4n) is 1.58. The van der Waals surface area contributed by atoms with Gasteiger partial charge in [0, 0.05) is 11.8 Å². The van der Waals surface area contributed by atoms with Crippen molar-refractivity contribution in [3.8, 4) is 0 Å². The van der Waals surface area contributed by atoms with Crippen LogP contribution in [0.15, 0.2) is 53.7 Å². The van der Waals surface area contributed by atoms with Gasteiger partial charge >= 0.3 is 0 Å². The first kappa shape index (κ1) is 15.9. The van der Waals surface area contributed by atoms with E-state index in [-0.39, 0.29) is 22.4 Å². The number of benzene rings is 1. The highest BCUT2D eigenvalue weighted by molar-refractivity contribution is 7.99. The summed E-state index contributed by atoms with van der Waals surface area (Å²) in [6.07, 6.45) is 1.31. The van der Waals surface area contributed by atoms with Gasteiger partial charge in [-0.15, -0.1) is 0 Å².